The van der Waals surface area contributed by atoms with Crippen molar-refractivity contribution in [2.45, 2.75) is 17.4 Å². The van der Waals surface area contributed by atoms with Crippen LogP contribution in [0.4, 0.5) is 5.69 Å². The molecule has 2 aromatic carbocycles. The van der Waals surface area contributed by atoms with Crippen LogP contribution in [0.2, 0.25) is 0 Å². The van der Waals surface area contributed by atoms with Crippen molar-refractivity contribution in [1.29, 1.82) is 5.26 Å². The Morgan fingerprint density at radius 1 is 1.27 bits per heavy atom. The zero-order valence-electron chi connectivity index (χ0n) is 13.6. The first-order valence-electron chi connectivity index (χ1n) is 7.62. The number of carbonyl (C=O) groups excluding carboxylic acids is 1. The van der Waals surface area contributed by atoms with Crippen molar-refractivity contribution >= 4 is 39.3 Å². The number of aromatic nitrogens is 2. The van der Waals surface area contributed by atoms with Crippen LogP contribution in [-0.2, 0) is 4.79 Å². The average Bonchev–Trinajstić information content (AvgIpc) is 3.11. The second-order valence-corrected chi connectivity index (χ2v) is 7.53. The molecule has 0 aliphatic rings. The molecule has 130 valence electrons. The van der Waals surface area contributed by atoms with Gasteiger partial charge in [0.25, 0.3) is 5.22 Å². The highest BCUT2D eigenvalue weighted by Crippen LogP contribution is 2.27. The van der Waals surface area contributed by atoms with Crippen molar-refractivity contribution in [1.82, 2.24) is 10.2 Å². The van der Waals surface area contributed by atoms with Gasteiger partial charge in [-0.1, -0.05) is 33.8 Å². The van der Waals surface area contributed by atoms with Gasteiger partial charge in [-0.25, -0.2) is 0 Å². The summed E-state index contributed by atoms with van der Waals surface area (Å²) < 4.78 is 6.58. The first-order valence-corrected chi connectivity index (χ1v) is 9.29. The Bertz CT molecular complexity index is 966. The number of carbonyl (C=O) groups is 1. The largest absolute Gasteiger partial charge is 0.411 e. The van der Waals surface area contributed by atoms with E-state index in [0.717, 1.165) is 10.0 Å². The first kappa shape index (κ1) is 18.2. The molecule has 0 radical (unpaired) electrons. The van der Waals surface area contributed by atoms with Gasteiger partial charge in [-0.05, 0) is 49.4 Å². The molecule has 1 heterocycles. The van der Waals surface area contributed by atoms with Gasteiger partial charge in [0.05, 0.1) is 16.9 Å². The highest BCUT2D eigenvalue weighted by Gasteiger charge is 2.19. The van der Waals surface area contributed by atoms with Gasteiger partial charge in [0, 0.05) is 15.7 Å². The minimum absolute atomic E-state index is 0.214. The summed E-state index contributed by atoms with van der Waals surface area (Å²) in [5.41, 5.74) is 1.86. The smallest absolute Gasteiger partial charge is 0.277 e. The van der Waals surface area contributed by atoms with E-state index in [9.17, 15) is 4.79 Å². The zero-order valence-corrected chi connectivity index (χ0v) is 16.0. The van der Waals surface area contributed by atoms with Gasteiger partial charge >= 0.3 is 0 Å². The number of hydrogen-bond acceptors (Lipinski definition) is 6. The molecule has 1 atom stereocenters. The quantitative estimate of drug-likeness (QED) is 0.601. The Morgan fingerprint density at radius 3 is 2.77 bits per heavy atom. The monoisotopic (exact) mass is 428 g/mol. The van der Waals surface area contributed by atoms with Crippen molar-refractivity contribution in [2.24, 2.45) is 0 Å². The topological polar surface area (TPSA) is 91.8 Å². The van der Waals surface area contributed by atoms with Gasteiger partial charge in [0.2, 0.25) is 11.8 Å². The standard InChI is InChI=1S/C18H13BrN4O2S/c1-11(16(24)21-15-4-2-3-12(9-15)10-20)26-18-23-22-17(25-18)13-5-7-14(19)8-6-13/h2-9,11H,1H3,(H,21,24). The molecule has 8 heteroatoms. The molecule has 1 amide bonds. The SMILES string of the molecule is CC(Sc1nnc(-c2ccc(Br)cc2)o1)C(=O)Nc1cccc(C#N)c1. The van der Waals surface area contributed by atoms with E-state index in [1.807, 2.05) is 30.3 Å². The lowest BCUT2D eigenvalue weighted by molar-refractivity contribution is -0.115. The van der Waals surface area contributed by atoms with Crippen LogP contribution < -0.4 is 5.32 Å². The third-order valence-corrected chi connectivity index (χ3v) is 4.87. The van der Waals surface area contributed by atoms with Crippen LogP contribution in [0.3, 0.4) is 0 Å². The van der Waals surface area contributed by atoms with Crippen LogP contribution in [0.1, 0.15) is 12.5 Å². The van der Waals surface area contributed by atoms with E-state index in [-0.39, 0.29) is 5.91 Å². The third kappa shape index (κ3) is 4.50. The molecule has 0 aliphatic heterocycles. The number of thioether (sulfide) groups is 1. The molecule has 0 fully saturated rings. The summed E-state index contributed by atoms with van der Waals surface area (Å²) in [6.45, 7) is 1.75. The fourth-order valence-electron chi connectivity index (χ4n) is 2.08. The van der Waals surface area contributed by atoms with Crippen LogP contribution in [0.25, 0.3) is 11.5 Å². The Hall–Kier alpha value is -2.63. The molecule has 6 nitrogen and oxygen atoms in total. The van der Waals surface area contributed by atoms with Crippen LogP contribution in [-0.4, -0.2) is 21.4 Å². The lowest BCUT2D eigenvalue weighted by atomic mass is 10.2. The second kappa shape index (κ2) is 8.17. The van der Waals surface area contributed by atoms with Gasteiger partial charge in [0.1, 0.15) is 0 Å². The van der Waals surface area contributed by atoms with Crippen molar-refractivity contribution in [3.63, 3.8) is 0 Å². The Balaban J connectivity index is 1.64. The molecule has 1 N–H and O–H groups in total. The molecule has 1 aromatic heterocycles. The van der Waals surface area contributed by atoms with Gasteiger partial charge in [0.15, 0.2) is 0 Å². The maximum absolute atomic E-state index is 12.3. The first-order chi connectivity index (χ1) is 12.5. The maximum Gasteiger partial charge on any atom is 0.277 e. The highest BCUT2D eigenvalue weighted by molar-refractivity contribution is 9.10. The zero-order chi connectivity index (χ0) is 18.5. The fraction of sp³-hybridized carbons (Fsp3) is 0.111. The summed E-state index contributed by atoms with van der Waals surface area (Å²) in [6.07, 6.45) is 0. The van der Waals surface area contributed by atoms with Crippen LogP contribution in [0, 0.1) is 11.3 Å². The molecule has 0 saturated carbocycles. The number of anilines is 1. The van der Waals surface area contributed by atoms with E-state index in [4.69, 9.17) is 9.68 Å². The molecule has 3 aromatic rings. The van der Waals surface area contributed by atoms with E-state index < -0.39 is 5.25 Å². The number of nitrogens with zero attached hydrogens (tertiary/aromatic N) is 3. The van der Waals surface area contributed by atoms with Crippen LogP contribution >= 0.6 is 27.7 Å². The normalized spacial score (nSPS) is 11.6. The fourth-order valence-corrected chi connectivity index (χ4v) is 3.03. The Morgan fingerprint density at radius 2 is 2.04 bits per heavy atom. The van der Waals surface area contributed by atoms with E-state index in [0.29, 0.717) is 22.4 Å². The highest BCUT2D eigenvalue weighted by atomic mass is 79.9. The number of halogens is 1. The number of rotatable bonds is 5. The van der Waals surface area contributed by atoms with Crippen LogP contribution in [0.5, 0.6) is 0 Å². The van der Waals surface area contributed by atoms with E-state index in [2.05, 4.69) is 31.4 Å². The minimum Gasteiger partial charge on any atom is -0.411 e. The molecular weight excluding hydrogens is 416 g/mol. The van der Waals surface area contributed by atoms with E-state index in [1.165, 1.54) is 11.8 Å². The molecule has 0 spiro atoms. The number of amides is 1. The average molecular weight is 429 g/mol. The molecule has 0 bridgehead atoms. The van der Waals surface area contributed by atoms with Crippen molar-refractivity contribution in [2.75, 3.05) is 5.32 Å². The lowest BCUT2D eigenvalue weighted by Crippen LogP contribution is -2.22. The number of nitriles is 1. The number of hydrogen-bond donors (Lipinski definition) is 1. The lowest BCUT2D eigenvalue weighted by Gasteiger charge is -2.09. The predicted molar refractivity (Wildman–Crippen MR) is 103 cm³/mol. The minimum atomic E-state index is -0.445. The van der Waals surface area contributed by atoms with E-state index >= 15 is 0 Å². The molecule has 26 heavy (non-hydrogen) atoms. The summed E-state index contributed by atoms with van der Waals surface area (Å²) in [5, 5.41) is 19.6. The van der Waals surface area contributed by atoms with Crippen molar-refractivity contribution in [3.05, 3.63) is 58.6 Å². The summed E-state index contributed by atoms with van der Waals surface area (Å²) in [5.74, 6) is 0.183. The molecule has 1 unspecified atom stereocenters. The van der Waals surface area contributed by atoms with Crippen LogP contribution in [0.15, 0.2) is 62.6 Å². The molecule has 3 rings (SSSR count). The maximum atomic E-state index is 12.3. The summed E-state index contributed by atoms with van der Waals surface area (Å²) in [6, 6.07) is 16.3. The van der Waals surface area contributed by atoms with E-state index in [1.54, 1.807) is 31.2 Å². The number of nitrogens with one attached hydrogen (secondary N) is 1. The number of benzene rings is 2. The summed E-state index contributed by atoms with van der Waals surface area (Å²) in [4.78, 5) is 12.3. The summed E-state index contributed by atoms with van der Waals surface area (Å²) >= 11 is 4.55. The van der Waals surface area contributed by atoms with Crippen molar-refractivity contribution in [3.8, 4) is 17.5 Å². The van der Waals surface area contributed by atoms with Gasteiger partial charge in [-0.3, -0.25) is 4.79 Å². The summed E-state index contributed by atoms with van der Waals surface area (Å²) in [7, 11) is 0. The second-order valence-electron chi connectivity index (χ2n) is 5.32. The van der Waals surface area contributed by atoms with Gasteiger partial charge in [-0.2, -0.15) is 5.26 Å². The van der Waals surface area contributed by atoms with Gasteiger partial charge < -0.3 is 9.73 Å². The Kier molecular flexibility index (Phi) is 5.71. The van der Waals surface area contributed by atoms with Crippen molar-refractivity contribution < 1.29 is 9.21 Å². The molecule has 0 saturated heterocycles. The van der Waals surface area contributed by atoms with Gasteiger partial charge in [-0.15, -0.1) is 10.2 Å². The Labute approximate surface area is 162 Å². The molecule has 0 aliphatic carbocycles. The third-order valence-electron chi connectivity index (χ3n) is 3.40. The molecular formula is C18H13BrN4O2S. The predicted octanol–water partition coefficient (Wildman–Crippen LogP) is 4.49.